The van der Waals surface area contributed by atoms with Crippen LogP contribution in [0.5, 0.6) is 5.75 Å². The van der Waals surface area contributed by atoms with Crippen LogP contribution in [0.3, 0.4) is 0 Å². The van der Waals surface area contributed by atoms with E-state index >= 15 is 0 Å². The van der Waals surface area contributed by atoms with Gasteiger partial charge >= 0.3 is 0 Å². The summed E-state index contributed by atoms with van der Waals surface area (Å²) in [6.45, 7) is 3.46. The zero-order chi connectivity index (χ0) is 29.5. The summed E-state index contributed by atoms with van der Waals surface area (Å²) in [5.74, 6) is 0.589. The molecule has 9 heteroatoms. The molecule has 2 saturated heterocycles. The number of nitrogens with zero attached hydrogens (tertiary/aromatic N) is 3. The molecular formula is C34H42F2N4O2Y-2. The maximum Gasteiger partial charge on any atom is 0.251 e. The maximum absolute atomic E-state index is 13.5. The third-order valence-corrected chi connectivity index (χ3v) is 9.42. The monoisotopic (exact) mass is 665 g/mol. The van der Waals surface area contributed by atoms with Crippen molar-refractivity contribution in [3.63, 3.8) is 0 Å². The summed E-state index contributed by atoms with van der Waals surface area (Å²) in [4.78, 5) is 12.8. The molecule has 1 radical (unpaired) electrons. The summed E-state index contributed by atoms with van der Waals surface area (Å²) >= 11 is 0. The van der Waals surface area contributed by atoms with Crippen molar-refractivity contribution >= 4 is 0 Å². The van der Waals surface area contributed by atoms with Crippen molar-refractivity contribution in [3.05, 3.63) is 99.0 Å². The molecule has 1 saturated carbocycles. The normalized spacial score (nSPS) is 22.7. The van der Waals surface area contributed by atoms with Crippen LogP contribution in [0.4, 0.5) is 8.78 Å². The Hall–Kier alpha value is -1.97. The Kier molecular flexibility index (Phi) is 12.5. The van der Waals surface area contributed by atoms with E-state index in [4.69, 9.17) is 10.1 Å². The van der Waals surface area contributed by atoms with Gasteiger partial charge in [0.25, 0.3) is 5.56 Å². The summed E-state index contributed by atoms with van der Waals surface area (Å²) in [6.07, 6.45) is 9.94. The SMILES string of the molecule is CNC1CC[N-]C(c2cc(F)ccc2F)C1.COc1ccccc1-c1ccn(C[C@@H]2CC[N-]CC23CCCC3)c(=O)c1.[Y]. The molecular weight excluding hydrogens is 623 g/mol. The van der Waals surface area contributed by atoms with Gasteiger partial charge in [-0.15, -0.1) is 25.7 Å². The first-order valence-electron chi connectivity index (χ1n) is 15.2. The van der Waals surface area contributed by atoms with Gasteiger partial charge in [0.2, 0.25) is 0 Å². The first kappa shape index (κ1) is 33.9. The number of piperidine rings is 2. The van der Waals surface area contributed by atoms with E-state index in [2.05, 4.69) is 10.6 Å². The largest absolute Gasteiger partial charge is 0.662 e. The number of halogens is 2. The number of para-hydroxylation sites is 1. The molecule has 1 aliphatic carbocycles. The summed E-state index contributed by atoms with van der Waals surface area (Å²) in [5.41, 5.74) is 2.67. The Morgan fingerprint density at radius 2 is 1.84 bits per heavy atom. The van der Waals surface area contributed by atoms with Gasteiger partial charge in [-0.2, -0.15) is 0 Å². The Morgan fingerprint density at radius 3 is 2.58 bits per heavy atom. The van der Waals surface area contributed by atoms with Crippen molar-refractivity contribution in [3.8, 4) is 16.9 Å². The Labute approximate surface area is 279 Å². The van der Waals surface area contributed by atoms with Crippen LogP contribution in [0.2, 0.25) is 0 Å². The van der Waals surface area contributed by atoms with Crippen LogP contribution >= 0.6 is 0 Å². The molecule has 3 aromatic rings. The Bertz CT molecular complexity index is 1390. The van der Waals surface area contributed by atoms with Crippen molar-refractivity contribution in [2.75, 3.05) is 33.8 Å². The molecule has 3 heterocycles. The van der Waals surface area contributed by atoms with Gasteiger partial charge in [-0.25, -0.2) is 8.78 Å². The smallest absolute Gasteiger partial charge is 0.251 e. The zero-order valence-corrected chi connectivity index (χ0v) is 28.1. The molecule has 2 unspecified atom stereocenters. The molecule has 3 aliphatic rings. The van der Waals surface area contributed by atoms with Gasteiger partial charge in [-0.1, -0.05) is 43.9 Å². The number of nitrogens with one attached hydrogen (secondary N) is 1. The van der Waals surface area contributed by atoms with Crippen molar-refractivity contribution in [1.82, 2.24) is 9.88 Å². The van der Waals surface area contributed by atoms with E-state index in [0.29, 0.717) is 29.5 Å². The van der Waals surface area contributed by atoms with Gasteiger partial charge in [-0.3, -0.25) is 4.79 Å². The van der Waals surface area contributed by atoms with Gasteiger partial charge in [0.15, 0.2) is 0 Å². The van der Waals surface area contributed by atoms with E-state index in [0.717, 1.165) is 61.8 Å². The molecule has 6 rings (SSSR count). The van der Waals surface area contributed by atoms with Crippen molar-refractivity contribution in [1.29, 1.82) is 0 Å². The topological polar surface area (TPSA) is 71.5 Å². The minimum absolute atomic E-state index is 0. The average molecular weight is 666 g/mol. The van der Waals surface area contributed by atoms with Crippen LogP contribution in [0.1, 0.15) is 56.6 Å². The van der Waals surface area contributed by atoms with Crippen LogP contribution < -0.4 is 15.6 Å². The molecule has 1 aromatic heterocycles. The standard InChI is InChI=1S/C22H27N2O2.C12H15F2N2.Y/c1-26-20-7-3-2-6-19(20)17-9-13-24(21(25)14-17)15-18-8-12-23-16-22(18)10-4-5-11-22;1-15-9-4-5-16-12(7-9)10-6-8(13)2-3-11(10)14;/h2-3,6-7,9,13-14,18H,4-5,8,10-12,15-16H2,1H3;2-3,6,9,12,15H,4-5,7H2,1H3;/q2*-1;/t18-;;/m0../s1. The van der Waals surface area contributed by atoms with Gasteiger partial charge in [-0.05, 0) is 79.1 Å². The van der Waals surface area contributed by atoms with Crippen molar-refractivity contribution in [2.24, 2.45) is 11.3 Å². The predicted molar refractivity (Wildman–Crippen MR) is 164 cm³/mol. The second-order valence-corrected chi connectivity index (χ2v) is 11.9. The van der Waals surface area contributed by atoms with Gasteiger partial charge in [0.05, 0.1) is 7.11 Å². The van der Waals surface area contributed by atoms with Crippen molar-refractivity contribution < 1.29 is 46.2 Å². The van der Waals surface area contributed by atoms with Gasteiger partial charge in [0, 0.05) is 63.1 Å². The van der Waals surface area contributed by atoms with Crippen LogP contribution in [0.15, 0.2) is 65.6 Å². The maximum atomic E-state index is 13.5. The van der Waals surface area contributed by atoms with E-state index in [1.165, 1.54) is 37.8 Å². The van der Waals surface area contributed by atoms with Gasteiger partial charge < -0.3 is 25.3 Å². The molecule has 3 atom stereocenters. The Balaban J connectivity index is 0.000000215. The van der Waals surface area contributed by atoms with E-state index in [9.17, 15) is 13.6 Å². The number of rotatable bonds is 6. The molecule has 2 aliphatic heterocycles. The van der Waals surface area contributed by atoms with E-state index < -0.39 is 5.82 Å². The first-order chi connectivity index (χ1) is 20.4. The fourth-order valence-electron chi connectivity index (χ4n) is 6.97. The summed E-state index contributed by atoms with van der Waals surface area (Å²) < 4.78 is 33.9. The number of hydrogen-bond acceptors (Lipinski definition) is 3. The number of pyridine rings is 1. The van der Waals surface area contributed by atoms with Crippen molar-refractivity contribution in [2.45, 2.75) is 63.6 Å². The summed E-state index contributed by atoms with van der Waals surface area (Å²) in [5, 5.41) is 12.2. The second-order valence-electron chi connectivity index (χ2n) is 11.9. The minimum Gasteiger partial charge on any atom is -0.662 e. The summed E-state index contributed by atoms with van der Waals surface area (Å²) in [6, 6.07) is 15.3. The first-order valence-corrected chi connectivity index (χ1v) is 15.2. The van der Waals surface area contributed by atoms with Crippen LogP contribution in [-0.2, 0) is 39.3 Å². The predicted octanol–water partition coefficient (Wildman–Crippen LogP) is 7.24. The molecule has 2 aromatic carbocycles. The molecule has 3 fully saturated rings. The minimum atomic E-state index is -0.404. The van der Waals surface area contributed by atoms with E-state index in [-0.39, 0.29) is 50.1 Å². The molecule has 6 nitrogen and oxygen atoms in total. The summed E-state index contributed by atoms with van der Waals surface area (Å²) in [7, 11) is 3.55. The average Bonchev–Trinajstić information content (AvgIpc) is 3.49. The number of ether oxygens (including phenoxy) is 1. The van der Waals surface area contributed by atoms with Crippen LogP contribution in [0.25, 0.3) is 21.8 Å². The third kappa shape index (κ3) is 8.20. The number of hydrogen-bond donors (Lipinski definition) is 1. The Morgan fingerprint density at radius 1 is 1.05 bits per heavy atom. The van der Waals surface area contributed by atoms with E-state index in [1.54, 1.807) is 13.2 Å². The number of benzene rings is 2. The molecule has 1 N–H and O–H groups in total. The fourth-order valence-corrected chi connectivity index (χ4v) is 6.97. The molecule has 0 bridgehead atoms. The van der Waals surface area contributed by atoms with E-state index in [1.807, 2.05) is 48.1 Å². The van der Waals surface area contributed by atoms with Crippen LogP contribution in [-0.4, -0.2) is 44.4 Å². The molecule has 1 spiro atoms. The van der Waals surface area contributed by atoms with Gasteiger partial charge in [0.1, 0.15) is 17.4 Å². The van der Waals surface area contributed by atoms with Crippen LogP contribution in [0, 0.1) is 23.0 Å². The quantitative estimate of drug-likeness (QED) is 0.302. The molecule has 43 heavy (non-hydrogen) atoms. The fraction of sp³-hybridized carbons (Fsp3) is 0.500. The zero-order valence-electron chi connectivity index (χ0n) is 25.3. The number of methoxy groups -OCH3 is 1. The second kappa shape index (κ2) is 15.9. The molecule has 229 valence electrons. The number of aromatic nitrogens is 1. The third-order valence-electron chi connectivity index (χ3n) is 9.42. The molecule has 0 amide bonds.